The molecule has 0 saturated heterocycles. The quantitative estimate of drug-likeness (QED) is 0.642. The summed E-state index contributed by atoms with van der Waals surface area (Å²) >= 11 is 5.72. The fraction of sp³-hybridized carbons (Fsp3) is 0.333. The Labute approximate surface area is 94.7 Å². The summed E-state index contributed by atoms with van der Waals surface area (Å²) in [5.41, 5.74) is 2.36. The van der Waals surface area contributed by atoms with E-state index in [0.717, 1.165) is 0 Å². The monoisotopic (exact) mass is 255 g/mol. The first-order chi connectivity index (χ1) is 7.40. The molecule has 2 N–H and O–H groups in total. The van der Waals surface area contributed by atoms with E-state index in [4.69, 9.17) is 11.6 Å². The Morgan fingerprint density at radius 1 is 1.38 bits per heavy atom. The van der Waals surface area contributed by atoms with Crippen LogP contribution in [0.2, 0.25) is 5.02 Å². The van der Waals surface area contributed by atoms with Crippen LogP contribution in [-0.2, 0) is 11.4 Å². The first-order valence-electron chi connectivity index (χ1n) is 4.28. The largest absolute Gasteiger partial charge is 0.508 e. The summed E-state index contributed by atoms with van der Waals surface area (Å²) in [6.07, 6.45) is -4.39. The van der Waals surface area contributed by atoms with Crippen LogP contribution in [-0.4, -0.2) is 17.9 Å². The fourth-order valence-electron chi connectivity index (χ4n) is 0.978. The summed E-state index contributed by atoms with van der Waals surface area (Å²) in [7, 11) is 0. The van der Waals surface area contributed by atoms with Gasteiger partial charge in [-0.1, -0.05) is 17.7 Å². The Balaban J connectivity index is 2.43. The summed E-state index contributed by atoms with van der Waals surface area (Å²) in [6, 6.07) is 4.42. The lowest BCUT2D eigenvalue weighted by molar-refractivity contribution is -0.190. The van der Waals surface area contributed by atoms with E-state index in [1.807, 2.05) is 0 Å². The average Bonchev–Trinajstić information content (AvgIpc) is 2.14. The second kappa shape index (κ2) is 5.38. The van der Waals surface area contributed by atoms with Gasteiger partial charge >= 0.3 is 6.18 Å². The maximum Gasteiger partial charge on any atom is 0.413 e. The molecular weight excluding hydrogens is 247 g/mol. The molecule has 0 aromatic heterocycles. The zero-order valence-corrected chi connectivity index (χ0v) is 8.77. The Hall–Kier alpha value is -0.980. The van der Waals surface area contributed by atoms with Crippen molar-refractivity contribution in [1.29, 1.82) is 0 Å². The molecule has 0 fully saturated rings. The first-order valence-corrected chi connectivity index (χ1v) is 4.65. The number of aromatic hydroxyl groups is 1. The molecule has 0 aliphatic heterocycles. The molecule has 90 valence electrons. The normalized spacial score (nSPS) is 11.8. The van der Waals surface area contributed by atoms with Crippen LogP contribution < -0.4 is 5.48 Å². The fourth-order valence-corrected chi connectivity index (χ4v) is 1.21. The van der Waals surface area contributed by atoms with Gasteiger partial charge in [0.25, 0.3) is 0 Å². The van der Waals surface area contributed by atoms with Gasteiger partial charge in [0.1, 0.15) is 5.75 Å². The summed E-state index contributed by atoms with van der Waals surface area (Å²) in [4.78, 5) is 4.17. The summed E-state index contributed by atoms with van der Waals surface area (Å²) in [6.45, 7) is -1.51. The minimum atomic E-state index is -4.39. The Morgan fingerprint density at radius 2 is 2.06 bits per heavy atom. The van der Waals surface area contributed by atoms with Crippen molar-refractivity contribution in [3.05, 3.63) is 28.8 Å². The van der Waals surface area contributed by atoms with E-state index in [1.165, 1.54) is 18.2 Å². The van der Waals surface area contributed by atoms with E-state index < -0.39 is 12.8 Å². The number of hydroxylamine groups is 1. The molecule has 3 nitrogen and oxygen atoms in total. The van der Waals surface area contributed by atoms with Gasteiger partial charge in [0, 0.05) is 10.6 Å². The first kappa shape index (κ1) is 13.1. The SMILES string of the molecule is Oc1cccc(Cl)c1CNOCC(F)(F)F. The second-order valence-corrected chi connectivity index (χ2v) is 3.37. The number of phenols is 1. The van der Waals surface area contributed by atoms with Crippen molar-refractivity contribution < 1.29 is 23.1 Å². The molecule has 1 aromatic carbocycles. The summed E-state index contributed by atoms with van der Waals surface area (Å²) in [5.74, 6) is -0.101. The van der Waals surface area contributed by atoms with Crippen LogP contribution in [0.3, 0.4) is 0 Å². The van der Waals surface area contributed by atoms with Gasteiger partial charge in [0.05, 0.1) is 6.54 Å². The number of benzene rings is 1. The number of alkyl halides is 3. The number of hydrogen-bond donors (Lipinski definition) is 2. The van der Waals surface area contributed by atoms with Gasteiger partial charge in [0.2, 0.25) is 0 Å². The van der Waals surface area contributed by atoms with Crippen LogP contribution in [0.25, 0.3) is 0 Å². The van der Waals surface area contributed by atoms with Crippen molar-refractivity contribution in [2.45, 2.75) is 12.7 Å². The highest BCUT2D eigenvalue weighted by Gasteiger charge is 2.27. The number of rotatable bonds is 4. The van der Waals surface area contributed by atoms with Crippen molar-refractivity contribution in [3.63, 3.8) is 0 Å². The van der Waals surface area contributed by atoms with E-state index in [0.29, 0.717) is 0 Å². The predicted octanol–water partition coefficient (Wildman–Crippen LogP) is 2.63. The minimum Gasteiger partial charge on any atom is -0.508 e. The van der Waals surface area contributed by atoms with E-state index in [9.17, 15) is 18.3 Å². The van der Waals surface area contributed by atoms with Crippen molar-refractivity contribution in [1.82, 2.24) is 5.48 Å². The topological polar surface area (TPSA) is 41.5 Å². The Kier molecular flexibility index (Phi) is 4.40. The van der Waals surface area contributed by atoms with Crippen LogP contribution in [0.5, 0.6) is 5.75 Å². The lowest BCUT2D eigenvalue weighted by atomic mass is 10.2. The van der Waals surface area contributed by atoms with Crippen molar-refractivity contribution in [2.24, 2.45) is 0 Å². The molecule has 1 rings (SSSR count). The van der Waals surface area contributed by atoms with Gasteiger partial charge in [-0.15, -0.1) is 0 Å². The Morgan fingerprint density at radius 3 is 2.62 bits per heavy atom. The number of hydrogen-bond acceptors (Lipinski definition) is 3. The smallest absolute Gasteiger partial charge is 0.413 e. The zero-order chi connectivity index (χ0) is 12.2. The highest BCUT2D eigenvalue weighted by atomic mass is 35.5. The molecule has 0 radical (unpaired) electrons. The maximum atomic E-state index is 11.7. The van der Waals surface area contributed by atoms with E-state index in [2.05, 4.69) is 10.3 Å². The molecular formula is C9H9ClF3NO2. The van der Waals surface area contributed by atoms with Gasteiger partial charge in [-0.2, -0.15) is 18.7 Å². The second-order valence-electron chi connectivity index (χ2n) is 2.96. The molecule has 7 heteroatoms. The molecule has 0 atom stereocenters. The van der Waals surface area contributed by atoms with Gasteiger partial charge in [-0.3, -0.25) is 4.84 Å². The molecule has 0 saturated carbocycles. The minimum absolute atomic E-state index is 0.101. The molecule has 0 unspecified atom stereocenters. The molecule has 0 bridgehead atoms. The maximum absolute atomic E-state index is 11.7. The lowest BCUT2D eigenvalue weighted by Crippen LogP contribution is -2.24. The van der Waals surface area contributed by atoms with Crippen LogP contribution in [0.15, 0.2) is 18.2 Å². The van der Waals surface area contributed by atoms with Gasteiger partial charge in [-0.05, 0) is 12.1 Å². The summed E-state index contributed by atoms with van der Waals surface area (Å²) < 4.78 is 35.1. The lowest BCUT2D eigenvalue weighted by Gasteiger charge is -2.10. The van der Waals surface area contributed by atoms with Crippen LogP contribution >= 0.6 is 11.6 Å². The number of halogens is 4. The van der Waals surface area contributed by atoms with Gasteiger partial charge < -0.3 is 5.11 Å². The van der Waals surface area contributed by atoms with Crippen LogP contribution in [0, 0.1) is 0 Å². The third-order valence-corrected chi connectivity index (χ3v) is 2.04. The van der Waals surface area contributed by atoms with Crippen LogP contribution in [0.4, 0.5) is 13.2 Å². The molecule has 0 heterocycles. The highest BCUT2D eigenvalue weighted by Crippen LogP contribution is 2.24. The standard InChI is InChI=1S/C9H9ClF3NO2/c10-7-2-1-3-8(15)6(7)4-14-16-5-9(11,12)13/h1-3,14-15H,4-5H2. The molecule has 1 aromatic rings. The molecule has 0 aliphatic carbocycles. The van der Waals surface area contributed by atoms with E-state index >= 15 is 0 Å². The third-order valence-electron chi connectivity index (χ3n) is 1.68. The van der Waals surface area contributed by atoms with Gasteiger partial charge in [-0.25, -0.2) is 0 Å². The van der Waals surface area contributed by atoms with Crippen LogP contribution in [0.1, 0.15) is 5.56 Å². The summed E-state index contributed by atoms with van der Waals surface area (Å²) in [5, 5.41) is 9.60. The van der Waals surface area contributed by atoms with E-state index in [-0.39, 0.29) is 22.9 Å². The highest BCUT2D eigenvalue weighted by molar-refractivity contribution is 6.31. The third kappa shape index (κ3) is 4.26. The molecule has 16 heavy (non-hydrogen) atoms. The molecule has 0 spiro atoms. The number of nitrogens with one attached hydrogen (secondary N) is 1. The zero-order valence-electron chi connectivity index (χ0n) is 8.01. The average molecular weight is 256 g/mol. The van der Waals surface area contributed by atoms with Crippen molar-refractivity contribution in [3.8, 4) is 5.75 Å². The Bertz CT molecular complexity index is 337. The van der Waals surface area contributed by atoms with Crippen molar-refractivity contribution >= 4 is 11.6 Å². The van der Waals surface area contributed by atoms with Gasteiger partial charge in [0.15, 0.2) is 6.61 Å². The number of phenolic OH excluding ortho intramolecular Hbond substituents is 1. The molecule has 0 aliphatic rings. The van der Waals surface area contributed by atoms with Crippen molar-refractivity contribution in [2.75, 3.05) is 6.61 Å². The van der Waals surface area contributed by atoms with E-state index in [1.54, 1.807) is 0 Å². The predicted molar refractivity (Wildman–Crippen MR) is 52.0 cm³/mol. The molecule has 0 amide bonds.